The van der Waals surface area contributed by atoms with Crippen molar-refractivity contribution in [2.75, 3.05) is 6.26 Å². The number of thioether (sulfide) groups is 1. The third-order valence-corrected chi connectivity index (χ3v) is 10.1. The third kappa shape index (κ3) is 4.72. The molecule has 0 saturated heterocycles. The van der Waals surface area contributed by atoms with Crippen LogP contribution >= 0.6 is 73.8 Å². The molecular weight excluding hydrogens is 631 g/mol. The van der Waals surface area contributed by atoms with Crippen molar-refractivity contribution in [1.29, 1.82) is 0 Å². The molecule has 4 aromatic rings. The fourth-order valence-electron chi connectivity index (χ4n) is 4.75. The first-order valence-electron chi connectivity index (χ1n) is 11.7. The lowest BCUT2D eigenvalue weighted by atomic mass is 9.96. The van der Waals surface area contributed by atoms with Crippen molar-refractivity contribution >= 4 is 73.8 Å². The van der Waals surface area contributed by atoms with E-state index in [-0.39, 0.29) is 11.3 Å². The maximum Gasteiger partial charge on any atom is 0.169 e. The molecule has 2 aliphatic carbocycles. The summed E-state index contributed by atoms with van der Waals surface area (Å²) in [7, 11) is 0. The zero-order valence-corrected chi connectivity index (χ0v) is 25.1. The van der Waals surface area contributed by atoms with Gasteiger partial charge in [-0.05, 0) is 61.4 Å². The molecule has 1 atom stereocenters. The average Bonchev–Trinajstić information content (AvgIpc) is 3.38. The first-order valence-corrected chi connectivity index (χ1v) is 15.6. The summed E-state index contributed by atoms with van der Waals surface area (Å²) in [5.41, 5.74) is 3.83. The second-order valence-electron chi connectivity index (χ2n) is 9.07. The average molecular weight is 651 g/mol. The van der Waals surface area contributed by atoms with Crippen LogP contribution in [-0.4, -0.2) is 26.2 Å². The van der Waals surface area contributed by atoms with Crippen molar-refractivity contribution in [2.24, 2.45) is 0 Å². The molecule has 0 bridgehead atoms. The van der Waals surface area contributed by atoms with Crippen LogP contribution in [0.25, 0.3) is 16.4 Å². The highest BCUT2D eigenvalue weighted by Gasteiger charge is 2.49. The number of allylic oxidation sites excluding steroid dienone is 4. The van der Waals surface area contributed by atoms with Crippen LogP contribution < -0.4 is 0 Å². The molecule has 188 valence electrons. The predicted octanol–water partition coefficient (Wildman–Crippen LogP) is 9.48. The summed E-state index contributed by atoms with van der Waals surface area (Å²) >= 11 is 25.9. The van der Waals surface area contributed by atoms with Crippen LogP contribution in [0.3, 0.4) is 0 Å². The van der Waals surface area contributed by atoms with Crippen molar-refractivity contribution in [3.63, 3.8) is 0 Å². The SMILES string of the molecule is CSc1c(-c2nnc(C3(c4ccc(Cl)cc4)CC3)s2)nn(-c2ccc(Cl)cc2Cl)c1C1C=CC(Br)=CC1. The molecule has 10 heteroatoms. The van der Waals surface area contributed by atoms with Gasteiger partial charge in [-0.3, -0.25) is 0 Å². The molecule has 4 nitrogen and oxygen atoms in total. The van der Waals surface area contributed by atoms with E-state index in [1.165, 1.54) is 5.56 Å². The van der Waals surface area contributed by atoms with Crippen LogP contribution in [0.2, 0.25) is 15.1 Å². The summed E-state index contributed by atoms with van der Waals surface area (Å²) < 4.78 is 3.03. The Morgan fingerprint density at radius 2 is 1.81 bits per heavy atom. The molecule has 0 radical (unpaired) electrons. The number of hydrogen-bond acceptors (Lipinski definition) is 5. The zero-order chi connectivity index (χ0) is 25.7. The maximum absolute atomic E-state index is 6.68. The fraction of sp³-hybridized carbons (Fsp3) is 0.222. The van der Waals surface area contributed by atoms with Crippen molar-refractivity contribution < 1.29 is 0 Å². The molecule has 1 fully saturated rings. The van der Waals surface area contributed by atoms with Gasteiger partial charge < -0.3 is 0 Å². The molecule has 0 amide bonds. The molecule has 1 unspecified atom stereocenters. The van der Waals surface area contributed by atoms with Crippen LogP contribution in [-0.2, 0) is 5.41 Å². The largest absolute Gasteiger partial charge is 0.234 e. The summed E-state index contributed by atoms with van der Waals surface area (Å²) in [6, 6.07) is 13.6. The molecule has 1 saturated carbocycles. The molecule has 2 aromatic carbocycles. The van der Waals surface area contributed by atoms with Gasteiger partial charge in [-0.2, -0.15) is 5.10 Å². The Labute approximate surface area is 246 Å². The Morgan fingerprint density at radius 3 is 2.46 bits per heavy atom. The van der Waals surface area contributed by atoms with Crippen LogP contribution in [0.4, 0.5) is 0 Å². The minimum absolute atomic E-state index is 0.0892. The number of aromatic nitrogens is 4. The van der Waals surface area contributed by atoms with Gasteiger partial charge in [0.15, 0.2) is 5.01 Å². The van der Waals surface area contributed by atoms with Gasteiger partial charge in [0.1, 0.15) is 10.7 Å². The molecule has 0 aliphatic heterocycles. The van der Waals surface area contributed by atoms with E-state index in [1.807, 2.05) is 28.9 Å². The highest BCUT2D eigenvalue weighted by molar-refractivity contribution is 9.11. The fourth-order valence-corrected chi connectivity index (χ4v) is 7.65. The van der Waals surface area contributed by atoms with Crippen molar-refractivity contribution in [3.05, 3.63) is 96.5 Å². The minimum atomic E-state index is -0.0892. The number of halogens is 4. The smallest absolute Gasteiger partial charge is 0.169 e. The summed E-state index contributed by atoms with van der Waals surface area (Å²) in [6.45, 7) is 0. The number of hydrogen-bond donors (Lipinski definition) is 0. The van der Waals surface area contributed by atoms with Crippen LogP contribution in [0, 0.1) is 0 Å². The van der Waals surface area contributed by atoms with Crippen molar-refractivity contribution in [1.82, 2.24) is 20.0 Å². The quantitative estimate of drug-likeness (QED) is 0.195. The topological polar surface area (TPSA) is 43.6 Å². The molecule has 6 rings (SSSR count). The lowest BCUT2D eigenvalue weighted by Crippen LogP contribution is -2.08. The van der Waals surface area contributed by atoms with Crippen LogP contribution in [0.15, 0.2) is 70.1 Å². The lowest BCUT2D eigenvalue weighted by molar-refractivity contribution is 0.724. The normalized spacial score (nSPS) is 18.2. The molecule has 37 heavy (non-hydrogen) atoms. The first-order chi connectivity index (χ1) is 17.9. The van der Waals surface area contributed by atoms with Gasteiger partial charge in [0.05, 0.1) is 21.3 Å². The van der Waals surface area contributed by atoms with E-state index in [4.69, 9.17) is 39.9 Å². The molecule has 2 aromatic heterocycles. The number of benzene rings is 2. The Bertz CT molecular complexity index is 1550. The van der Waals surface area contributed by atoms with E-state index < -0.39 is 0 Å². The van der Waals surface area contributed by atoms with Crippen LogP contribution in [0.1, 0.15) is 41.4 Å². The zero-order valence-electron chi connectivity index (χ0n) is 19.6. The first kappa shape index (κ1) is 25.7. The summed E-state index contributed by atoms with van der Waals surface area (Å²) in [5, 5.41) is 18.1. The van der Waals surface area contributed by atoms with E-state index in [2.05, 4.69) is 62.7 Å². The predicted molar refractivity (Wildman–Crippen MR) is 159 cm³/mol. The Kier molecular flexibility index (Phi) is 7.05. The van der Waals surface area contributed by atoms with E-state index in [1.54, 1.807) is 29.2 Å². The van der Waals surface area contributed by atoms with E-state index in [9.17, 15) is 0 Å². The van der Waals surface area contributed by atoms with Gasteiger partial charge in [0, 0.05) is 25.9 Å². The molecular formula is C27H20BrCl3N4S2. The Hall–Kier alpha value is -1.61. The Morgan fingerprint density at radius 1 is 1.05 bits per heavy atom. The standard InChI is InChI=1S/C27H20BrCl3N4S2/c1-36-24-22(25-32-33-26(37-25)27(12-13-27)16-4-8-18(29)9-5-16)34-35(21-11-10-19(30)14-20(21)31)23(24)15-2-6-17(28)7-3-15/h2,4-11,14-15H,3,12-13H2,1H3. The second kappa shape index (κ2) is 10.2. The second-order valence-corrected chi connectivity index (χ2v) is 13.1. The van der Waals surface area contributed by atoms with Gasteiger partial charge in [0.2, 0.25) is 0 Å². The van der Waals surface area contributed by atoms with Gasteiger partial charge in [-0.15, -0.1) is 22.0 Å². The van der Waals surface area contributed by atoms with Gasteiger partial charge >= 0.3 is 0 Å². The maximum atomic E-state index is 6.68. The summed E-state index contributed by atoms with van der Waals surface area (Å²) in [5.74, 6) is 0.132. The van der Waals surface area contributed by atoms with Crippen LogP contribution in [0.5, 0.6) is 0 Å². The highest BCUT2D eigenvalue weighted by Crippen LogP contribution is 2.55. The number of rotatable bonds is 6. The van der Waals surface area contributed by atoms with Gasteiger partial charge in [0.25, 0.3) is 0 Å². The molecule has 2 aliphatic rings. The van der Waals surface area contributed by atoms with Crippen molar-refractivity contribution in [3.8, 4) is 16.4 Å². The van der Waals surface area contributed by atoms with E-state index in [0.717, 1.165) is 60.8 Å². The third-order valence-electron chi connectivity index (χ3n) is 6.81. The number of nitrogens with zero attached hydrogens (tertiary/aromatic N) is 4. The highest BCUT2D eigenvalue weighted by atomic mass is 79.9. The van der Waals surface area contributed by atoms with E-state index >= 15 is 0 Å². The van der Waals surface area contributed by atoms with Gasteiger partial charge in [-0.1, -0.05) is 92.4 Å². The molecule has 2 heterocycles. The monoisotopic (exact) mass is 648 g/mol. The van der Waals surface area contributed by atoms with Gasteiger partial charge in [-0.25, -0.2) is 4.68 Å². The summed E-state index contributed by atoms with van der Waals surface area (Å²) in [4.78, 5) is 1.08. The summed E-state index contributed by atoms with van der Waals surface area (Å²) in [6.07, 6.45) is 11.5. The molecule has 0 spiro atoms. The van der Waals surface area contributed by atoms with E-state index in [0.29, 0.717) is 10.0 Å². The van der Waals surface area contributed by atoms with Crippen molar-refractivity contribution in [2.45, 2.75) is 35.5 Å². The minimum Gasteiger partial charge on any atom is -0.234 e. The Balaban J connectivity index is 1.47. The molecule has 0 N–H and O–H groups in total. The lowest BCUT2D eigenvalue weighted by Gasteiger charge is -2.18.